The van der Waals surface area contributed by atoms with Gasteiger partial charge in [-0.1, -0.05) is 0 Å². The lowest BCUT2D eigenvalue weighted by Crippen LogP contribution is -2.48. The average Bonchev–Trinajstić information content (AvgIpc) is 2.15. The Kier molecular flexibility index (Phi) is 8.31. The van der Waals surface area contributed by atoms with Gasteiger partial charge in [-0.2, -0.15) is 22.5 Å². The van der Waals surface area contributed by atoms with Crippen LogP contribution in [0.5, 0.6) is 0 Å². The van der Waals surface area contributed by atoms with Crippen molar-refractivity contribution in [2.75, 3.05) is 19.9 Å². The maximum absolute atomic E-state index is 12.1. The molecule has 0 radical (unpaired) electrons. The summed E-state index contributed by atoms with van der Waals surface area (Å²) < 4.78 is 103. The van der Waals surface area contributed by atoms with Gasteiger partial charge < -0.3 is 5.11 Å². The predicted octanol–water partition coefficient (Wildman–Crippen LogP) is 2.60. The lowest BCUT2D eigenvalue weighted by Gasteiger charge is -2.25. The molecule has 1 N–H and O–H groups in total. The smallest absolute Gasteiger partial charge is 0.394 e. The van der Waals surface area contributed by atoms with Crippen LogP contribution in [0, 0.1) is 0 Å². The molecule has 112 valence electrons. The van der Waals surface area contributed by atoms with Crippen molar-refractivity contribution in [1.82, 2.24) is 0 Å². The fraction of sp³-hybridized carbons (Fsp3) is 1.00. The molecule has 0 aliphatic rings. The van der Waals surface area contributed by atoms with E-state index in [-0.39, 0.29) is 13.2 Å². The predicted molar refractivity (Wildman–Crippen MR) is 37.2 cm³/mol. The molecule has 0 aliphatic heterocycles. The first kappa shape index (κ1) is 19.6. The normalized spacial score (nSPS) is 15.7. The topological polar surface area (TPSA) is 38.7 Å². The van der Waals surface area contributed by atoms with E-state index in [0.717, 1.165) is 0 Å². The summed E-state index contributed by atoms with van der Waals surface area (Å²) in [5.74, 6) is -5.33. The summed E-state index contributed by atoms with van der Waals surface area (Å²) in [4.78, 5) is 2.94. The van der Waals surface area contributed by atoms with Crippen molar-refractivity contribution in [3.05, 3.63) is 0 Å². The number of ether oxygens (including phenoxy) is 1. The first-order chi connectivity index (χ1) is 7.93. The molecule has 1 unspecified atom stereocenters. The van der Waals surface area contributed by atoms with Crippen LogP contribution >= 0.6 is 0 Å². The Bertz CT molecular complexity index is 213. The number of hydrogen-bond acceptors (Lipinski definition) is 3. The fourth-order valence-corrected chi connectivity index (χ4v) is 0.379. The van der Waals surface area contributed by atoms with Crippen molar-refractivity contribution in [3.63, 3.8) is 0 Å². The quantitative estimate of drug-likeness (QED) is 0.811. The molecule has 18 heavy (non-hydrogen) atoms. The maximum atomic E-state index is 12.1. The summed E-state index contributed by atoms with van der Waals surface area (Å²) in [6.07, 6.45) is -12.0. The minimum atomic E-state index is -6.07. The summed E-state index contributed by atoms with van der Waals surface area (Å²) in [5, 5.41) is 7.70. The molecule has 0 bridgehead atoms. The van der Waals surface area contributed by atoms with Crippen LogP contribution in [0.1, 0.15) is 0 Å². The first-order valence-corrected chi connectivity index (χ1v) is 3.86. The van der Waals surface area contributed by atoms with Gasteiger partial charge in [0.25, 0.3) is 0 Å². The molecule has 0 spiro atoms. The summed E-state index contributed by atoms with van der Waals surface area (Å²) >= 11 is 0. The van der Waals surface area contributed by atoms with Crippen LogP contribution in [0.15, 0.2) is 0 Å². The van der Waals surface area contributed by atoms with Gasteiger partial charge >= 0.3 is 18.4 Å². The second kappa shape index (κ2) is 7.63. The molecule has 0 amide bonds. The number of rotatable bonds is 4. The van der Waals surface area contributed by atoms with Gasteiger partial charge in [0, 0.05) is 0 Å². The Labute approximate surface area is 94.0 Å². The Hall–Kier alpha value is -0.750. The number of alkyl halides is 8. The van der Waals surface area contributed by atoms with Crippen molar-refractivity contribution >= 4 is 0 Å². The Morgan fingerprint density at radius 3 is 1.44 bits per heavy atom. The lowest BCUT2D eigenvalue weighted by molar-refractivity contribution is -0.449. The van der Waals surface area contributed by atoms with Crippen LogP contribution in [0.4, 0.5) is 39.6 Å². The van der Waals surface area contributed by atoms with E-state index in [9.17, 15) is 39.6 Å². The van der Waals surface area contributed by atoms with Crippen LogP contribution in [0.3, 0.4) is 0 Å². The van der Waals surface area contributed by atoms with Crippen molar-refractivity contribution < 1.29 is 54.4 Å². The van der Waals surface area contributed by atoms with E-state index in [1.165, 1.54) is 0 Å². The Morgan fingerprint density at radius 1 is 0.944 bits per heavy atom. The lowest BCUT2D eigenvalue weighted by atomic mass is 10.3. The van der Waals surface area contributed by atoms with Crippen LogP contribution < -0.4 is 0 Å². The zero-order valence-electron chi connectivity index (χ0n) is 8.29. The number of hydrogen-bond donors (Lipinski definition) is 1. The van der Waals surface area contributed by atoms with E-state index >= 15 is 0 Å². The van der Waals surface area contributed by atoms with Crippen LogP contribution in [0.25, 0.3) is 0 Å². The number of halogens is 9. The monoisotopic (exact) mass is 298 g/mol. The third-order valence-corrected chi connectivity index (χ3v) is 1.04. The van der Waals surface area contributed by atoms with Gasteiger partial charge in [-0.05, 0) is 4.53 Å². The molecule has 12 heteroatoms. The second-order valence-corrected chi connectivity index (χ2v) is 2.44. The molecular weight excluding hydrogens is 291 g/mol. The summed E-state index contributed by atoms with van der Waals surface area (Å²) in [6, 6.07) is 0. The van der Waals surface area contributed by atoms with Gasteiger partial charge in [-0.15, -0.1) is 13.2 Å². The van der Waals surface area contributed by atoms with Gasteiger partial charge in [0.05, 0.1) is 6.61 Å². The highest BCUT2D eigenvalue weighted by molar-refractivity contribution is 4.76. The van der Waals surface area contributed by atoms with Crippen molar-refractivity contribution in [2.45, 2.75) is 18.4 Å². The highest BCUT2D eigenvalue weighted by atomic mass is 19.4. The van der Waals surface area contributed by atoms with Gasteiger partial charge in [-0.25, -0.2) is 9.13 Å². The standard InChI is InChI=1S/C4H2F8O.C2H5FO2/c5-1-2(6,3(7,8)9)13-4(10,11)12;3-5-2-1-4/h1H2;4H,1-2H2. The minimum absolute atomic E-state index is 0.222. The van der Waals surface area contributed by atoms with E-state index in [2.05, 4.69) is 4.94 Å². The molecular formula is C6H7F9O3. The molecule has 0 fully saturated rings. The SMILES string of the molecule is FCC(F)(OC(F)(F)F)C(F)(F)F.OCCOF. The Balaban J connectivity index is 0. The molecule has 0 rings (SSSR count). The van der Waals surface area contributed by atoms with Crippen LogP contribution in [0.2, 0.25) is 0 Å². The number of aliphatic hydroxyl groups is 1. The van der Waals surface area contributed by atoms with Crippen molar-refractivity contribution in [1.29, 1.82) is 0 Å². The third kappa shape index (κ3) is 8.36. The second-order valence-electron chi connectivity index (χ2n) is 2.44. The van der Waals surface area contributed by atoms with Gasteiger partial charge in [0.1, 0.15) is 6.61 Å². The van der Waals surface area contributed by atoms with Crippen molar-refractivity contribution in [2.24, 2.45) is 0 Å². The molecule has 0 saturated heterocycles. The zero-order chi connectivity index (χ0) is 15.0. The summed E-state index contributed by atoms with van der Waals surface area (Å²) in [7, 11) is 0. The highest BCUT2D eigenvalue weighted by Crippen LogP contribution is 2.39. The van der Waals surface area contributed by atoms with Gasteiger partial charge in [0.15, 0.2) is 6.67 Å². The minimum Gasteiger partial charge on any atom is -0.394 e. The molecule has 0 aromatic heterocycles. The number of aliphatic hydroxyl groups excluding tert-OH is 1. The average molecular weight is 298 g/mol. The van der Waals surface area contributed by atoms with Gasteiger partial charge in [0.2, 0.25) is 0 Å². The van der Waals surface area contributed by atoms with Crippen molar-refractivity contribution in [3.8, 4) is 0 Å². The van der Waals surface area contributed by atoms with E-state index in [4.69, 9.17) is 5.11 Å². The Morgan fingerprint density at radius 2 is 1.39 bits per heavy atom. The zero-order valence-corrected chi connectivity index (χ0v) is 8.29. The molecule has 0 heterocycles. The summed E-state index contributed by atoms with van der Waals surface area (Å²) in [5.41, 5.74) is 0. The first-order valence-electron chi connectivity index (χ1n) is 3.86. The summed E-state index contributed by atoms with van der Waals surface area (Å²) in [6.45, 7) is -3.44. The molecule has 0 aromatic carbocycles. The van der Waals surface area contributed by atoms with E-state index < -0.39 is 25.1 Å². The molecule has 0 aromatic rings. The third-order valence-electron chi connectivity index (χ3n) is 1.04. The van der Waals surface area contributed by atoms with E-state index in [0.29, 0.717) is 0 Å². The molecule has 3 nitrogen and oxygen atoms in total. The largest absolute Gasteiger partial charge is 0.525 e. The highest BCUT2D eigenvalue weighted by Gasteiger charge is 2.63. The molecule has 1 atom stereocenters. The fourth-order valence-electron chi connectivity index (χ4n) is 0.379. The molecule has 0 saturated carbocycles. The maximum Gasteiger partial charge on any atom is 0.525 e. The van der Waals surface area contributed by atoms with E-state index in [1.54, 1.807) is 0 Å². The van der Waals surface area contributed by atoms with Crippen LogP contribution in [-0.4, -0.2) is 43.4 Å². The molecule has 0 aliphatic carbocycles. The van der Waals surface area contributed by atoms with Gasteiger partial charge in [-0.3, -0.25) is 0 Å². The van der Waals surface area contributed by atoms with E-state index in [1.807, 2.05) is 4.74 Å². The van der Waals surface area contributed by atoms with Crippen LogP contribution in [-0.2, 0) is 9.68 Å².